The summed E-state index contributed by atoms with van der Waals surface area (Å²) in [6.45, 7) is 4.15. The van der Waals surface area contributed by atoms with E-state index in [4.69, 9.17) is 0 Å². The molecule has 0 aliphatic heterocycles. The zero-order chi connectivity index (χ0) is 16.4. The summed E-state index contributed by atoms with van der Waals surface area (Å²) in [4.78, 5) is 0.999. The molecule has 0 fully saturated rings. The van der Waals surface area contributed by atoms with E-state index in [2.05, 4.69) is 20.0 Å². The van der Waals surface area contributed by atoms with E-state index in [1.165, 1.54) is 11.3 Å². The van der Waals surface area contributed by atoms with Crippen LogP contribution in [0.1, 0.15) is 23.3 Å². The molecule has 3 aromatic rings. The van der Waals surface area contributed by atoms with Gasteiger partial charge >= 0.3 is 0 Å². The Morgan fingerprint density at radius 3 is 2.61 bits per heavy atom. The number of benzene rings is 1. The number of aryl methyl sites for hydroxylation is 2. The average Bonchev–Trinajstić information content (AvgIpc) is 3.09. The molecule has 23 heavy (non-hydrogen) atoms. The monoisotopic (exact) mass is 351 g/mol. The molecule has 0 spiro atoms. The molecular weight excluding hydrogens is 334 g/mol. The van der Waals surface area contributed by atoms with Crippen LogP contribution >= 0.6 is 11.3 Å². The summed E-state index contributed by atoms with van der Waals surface area (Å²) in [5.41, 5.74) is 1.11. The van der Waals surface area contributed by atoms with Crippen molar-refractivity contribution in [3.05, 3.63) is 40.7 Å². The van der Waals surface area contributed by atoms with Crippen molar-refractivity contribution in [1.82, 2.24) is 24.5 Å². The highest BCUT2D eigenvalue weighted by atomic mass is 32.2. The van der Waals surface area contributed by atoms with Gasteiger partial charge in [0.2, 0.25) is 15.0 Å². The fourth-order valence-corrected chi connectivity index (χ4v) is 4.05. The molecule has 122 valence electrons. The average molecular weight is 351 g/mol. The summed E-state index contributed by atoms with van der Waals surface area (Å²) in [6.07, 6.45) is 1.40. The summed E-state index contributed by atoms with van der Waals surface area (Å²) < 4.78 is 28.8. The predicted octanol–water partition coefficient (Wildman–Crippen LogP) is 1.58. The SMILES string of the molecule is CCc1ccc(S(=O)(=O)NCCc2nn3c(C)nnc3s2)cc1. The number of sulfonamides is 1. The second-order valence-electron chi connectivity index (χ2n) is 5.08. The second-order valence-corrected chi connectivity index (χ2v) is 7.89. The molecule has 1 aromatic carbocycles. The summed E-state index contributed by atoms with van der Waals surface area (Å²) in [5, 5.41) is 13.1. The van der Waals surface area contributed by atoms with Gasteiger partial charge in [-0.15, -0.1) is 10.2 Å². The number of nitrogens with one attached hydrogen (secondary N) is 1. The van der Waals surface area contributed by atoms with Gasteiger partial charge in [-0.25, -0.2) is 13.1 Å². The first-order valence-corrected chi connectivity index (χ1v) is 9.56. The summed E-state index contributed by atoms with van der Waals surface area (Å²) in [5.74, 6) is 0.721. The Morgan fingerprint density at radius 2 is 1.96 bits per heavy atom. The van der Waals surface area contributed by atoms with Crippen LogP contribution in [0.2, 0.25) is 0 Å². The van der Waals surface area contributed by atoms with Crippen molar-refractivity contribution in [2.75, 3.05) is 6.54 Å². The van der Waals surface area contributed by atoms with E-state index in [9.17, 15) is 8.42 Å². The molecule has 0 aliphatic carbocycles. The Morgan fingerprint density at radius 1 is 1.22 bits per heavy atom. The third-order valence-electron chi connectivity index (χ3n) is 3.46. The third-order valence-corrected chi connectivity index (χ3v) is 5.90. The minimum Gasteiger partial charge on any atom is -0.211 e. The Bertz CT molecular complexity index is 912. The fourth-order valence-electron chi connectivity index (χ4n) is 2.14. The van der Waals surface area contributed by atoms with Crippen LogP contribution in [0, 0.1) is 6.92 Å². The molecule has 0 atom stereocenters. The lowest BCUT2D eigenvalue weighted by atomic mass is 10.2. The number of hydrogen-bond acceptors (Lipinski definition) is 6. The van der Waals surface area contributed by atoms with Gasteiger partial charge in [-0.2, -0.15) is 9.61 Å². The van der Waals surface area contributed by atoms with E-state index in [0.29, 0.717) is 13.0 Å². The molecule has 0 radical (unpaired) electrons. The maximum absolute atomic E-state index is 12.2. The molecular formula is C14H17N5O2S2. The number of nitrogens with zero attached hydrogens (tertiary/aromatic N) is 4. The number of hydrogen-bond donors (Lipinski definition) is 1. The van der Waals surface area contributed by atoms with Gasteiger partial charge in [-0.3, -0.25) is 0 Å². The van der Waals surface area contributed by atoms with Crippen molar-refractivity contribution < 1.29 is 8.42 Å². The van der Waals surface area contributed by atoms with Gasteiger partial charge < -0.3 is 0 Å². The van der Waals surface area contributed by atoms with E-state index >= 15 is 0 Å². The Labute approximate surface area is 138 Å². The van der Waals surface area contributed by atoms with Crippen LogP contribution in [0.5, 0.6) is 0 Å². The van der Waals surface area contributed by atoms with Gasteiger partial charge in [0.25, 0.3) is 0 Å². The highest BCUT2D eigenvalue weighted by molar-refractivity contribution is 7.89. The maximum Gasteiger partial charge on any atom is 0.240 e. The van der Waals surface area contributed by atoms with E-state index in [1.807, 2.05) is 26.0 Å². The second kappa shape index (κ2) is 6.34. The lowest BCUT2D eigenvalue weighted by molar-refractivity contribution is 0.581. The topological polar surface area (TPSA) is 89.2 Å². The zero-order valence-electron chi connectivity index (χ0n) is 12.9. The van der Waals surface area contributed by atoms with Gasteiger partial charge in [0.1, 0.15) is 5.01 Å². The molecule has 2 heterocycles. The van der Waals surface area contributed by atoms with E-state index in [1.54, 1.807) is 16.6 Å². The first-order valence-electron chi connectivity index (χ1n) is 7.26. The molecule has 0 bridgehead atoms. The molecule has 2 aromatic heterocycles. The molecule has 0 saturated heterocycles. The van der Waals surface area contributed by atoms with Crippen LogP contribution in [-0.2, 0) is 22.9 Å². The summed E-state index contributed by atoms with van der Waals surface area (Å²) in [7, 11) is -3.49. The van der Waals surface area contributed by atoms with Crippen molar-refractivity contribution in [3.8, 4) is 0 Å². The Kier molecular flexibility index (Phi) is 4.42. The van der Waals surface area contributed by atoms with Gasteiger partial charge in [0.15, 0.2) is 5.82 Å². The first-order chi connectivity index (χ1) is 11.0. The van der Waals surface area contributed by atoms with Crippen molar-refractivity contribution in [3.63, 3.8) is 0 Å². The number of aromatic nitrogens is 4. The van der Waals surface area contributed by atoms with Gasteiger partial charge in [0.05, 0.1) is 4.90 Å². The van der Waals surface area contributed by atoms with Crippen molar-refractivity contribution >= 4 is 26.3 Å². The highest BCUT2D eigenvalue weighted by Crippen LogP contribution is 2.14. The highest BCUT2D eigenvalue weighted by Gasteiger charge is 2.14. The van der Waals surface area contributed by atoms with Crippen molar-refractivity contribution in [2.45, 2.75) is 31.6 Å². The molecule has 0 saturated carbocycles. The molecule has 9 heteroatoms. The lowest BCUT2D eigenvalue weighted by Gasteiger charge is -2.06. The molecule has 0 aliphatic rings. The maximum atomic E-state index is 12.2. The summed E-state index contributed by atoms with van der Waals surface area (Å²) >= 11 is 1.41. The minimum absolute atomic E-state index is 0.281. The lowest BCUT2D eigenvalue weighted by Crippen LogP contribution is -2.26. The van der Waals surface area contributed by atoms with Gasteiger partial charge in [0, 0.05) is 13.0 Å². The molecule has 3 rings (SSSR count). The van der Waals surface area contributed by atoms with Gasteiger partial charge in [-0.05, 0) is 31.0 Å². The minimum atomic E-state index is -3.49. The molecule has 1 N–H and O–H groups in total. The van der Waals surface area contributed by atoms with E-state index < -0.39 is 10.0 Å². The smallest absolute Gasteiger partial charge is 0.211 e. The molecule has 7 nitrogen and oxygen atoms in total. The van der Waals surface area contributed by atoms with Crippen LogP contribution in [0.3, 0.4) is 0 Å². The van der Waals surface area contributed by atoms with Crippen LogP contribution in [0.25, 0.3) is 4.96 Å². The van der Waals surface area contributed by atoms with Crippen LogP contribution in [0.4, 0.5) is 0 Å². The number of rotatable bonds is 6. The Balaban J connectivity index is 1.64. The zero-order valence-corrected chi connectivity index (χ0v) is 14.5. The standard InChI is InChI=1S/C14H17N5O2S2/c1-3-11-4-6-12(7-5-11)23(20,21)15-9-8-13-18-19-10(2)16-17-14(19)22-13/h4-7,15H,3,8-9H2,1-2H3. The van der Waals surface area contributed by atoms with Gasteiger partial charge in [-0.1, -0.05) is 30.4 Å². The van der Waals surface area contributed by atoms with E-state index in [0.717, 1.165) is 27.8 Å². The van der Waals surface area contributed by atoms with Crippen molar-refractivity contribution in [1.29, 1.82) is 0 Å². The fraction of sp³-hybridized carbons (Fsp3) is 0.357. The molecule has 0 amide bonds. The van der Waals surface area contributed by atoms with E-state index in [-0.39, 0.29) is 4.90 Å². The quantitative estimate of drug-likeness (QED) is 0.728. The largest absolute Gasteiger partial charge is 0.240 e. The van der Waals surface area contributed by atoms with Crippen molar-refractivity contribution in [2.24, 2.45) is 0 Å². The van der Waals surface area contributed by atoms with Crippen LogP contribution in [0.15, 0.2) is 29.2 Å². The number of fused-ring (bicyclic) bond motifs is 1. The molecule has 0 unspecified atom stereocenters. The third kappa shape index (κ3) is 3.41. The summed E-state index contributed by atoms with van der Waals surface area (Å²) in [6, 6.07) is 6.93. The Hall–Kier alpha value is -1.84. The predicted molar refractivity (Wildman–Crippen MR) is 88.1 cm³/mol. The normalized spacial score (nSPS) is 12.1. The first kappa shape index (κ1) is 16.0. The van der Waals surface area contributed by atoms with Crippen LogP contribution in [-0.4, -0.2) is 34.8 Å². The van der Waals surface area contributed by atoms with Crippen LogP contribution < -0.4 is 4.72 Å².